The molecule has 2 heterocycles. The Hall–Kier alpha value is -4.13. The van der Waals surface area contributed by atoms with Crippen molar-refractivity contribution in [2.45, 2.75) is 39.2 Å². The Morgan fingerprint density at radius 3 is 2.60 bits per heavy atom. The number of benzene rings is 2. The number of para-hydroxylation sites is 1. The Kier molecular flexibility index (Phi) is 6.23. The maximum Gasteiger partial charge on any atom is 0.266 e. The first-order valence-corrected chi connectivity index (χ1v) is 12.5. The predicted octanol–water partition coefficient (Wildman–Crippen LogP) is 6.36. The quantitative estimate of drug-likeness (QED) is 0.269. The molecule has 6 heteroatoms. The van der Waals surface area contributed by atoms with Gasteiger partial charge in [0.15, 0.2) is 0 Å². The van der Waals surface area contributed by atoms with Crippen LogP contribution in [0, 0.1) is 29.6 Å². The molecule has 0 radical (unpaired) electrons. The van der Waals surface area contributed by atoms with E-state index in [9.17, 15) is 15.3 Å². The van der Waals surface area contributed by atoms with Crippen molar-refractivity contribution >= 4 is 39.2 Å². The smallest absolute Gasteiger partial charge is 0.266 e. The molecule has 0 unspecified atom stereocenters. The van der Waals surface area contributed by atoms with Gasteiger partial charge in [0, 0.05) is 33.6 Å². The SMILES string of the molecule is Cc1c(/C=C(\C#N)C(=O)Nc2sc3c(c2C#N)CCCC3)c2ccccc2n1Cc1ccccc1. The highest BCUT2D eigenvalue weighted by atomic mass is 32.1. The molecule has 0 aliphatic heterocycles. The monoisotopic (exact) mass is 476 g/mol. The van der Waals surface area contributed by atoms with E-state index >= 15 is 0 Å². The first-order valence-electron chi connectivity index (χ1n) is 11.7. The molecule has 0 saturated heterocycles. The van der Waals surface area contributed by atoms with E-state index in [1.54, 1.807) is 6.08 Å². The van der Waals surface area contributed by atoms with Crippen LogP contribution in [-0.2, 0) is 24.2 Å². The van der Waals surface area contributed by atoms with Crippen LogP contribution < -0.4 is 5.32 Å². The molecule has 0 saturated carbocycles. The van der Waals surface area contributed by atoms with Crippen molar-refractivity contribution in [2.75, 3.05) is 5.32 Å². The van der Waals surface area contributed by atoms with Crippen molar-refractivity contribution in [3.63, 3.8) is 0 Å². The zero-order valence-corrected chi connectivity index (χ0v) is 20.3. The number of rotatable bonds is 5. The summed E-state index contributed by atoms with van der Waals surface area (Å²) in [4.78, 5) is 14.3. The van der Waals surface area contributed by atoms with Gasteiger partial charge in [0.05, 0.1) is 5.56 Å². The maximum atomic E-state index is 13.2. The lowest BCUT2D eigenvalue weighted by Gasteiger charge is -2.09. The third-order valence-corrected chi connectivity index (χ3v) is 7.83. The highest BCUT2D eigenvalue weighted by Crippen LogP contribution is 2.38. The average molecular weight is 477 g/mol. The molecule has 0 bridgehead atoms. The molecule has 5 nitrogen and oxygen atoms in total. The summed E-state index contributed by atoms with van der Waals surface area (Å²) in [6, 6.07) is 22.6. The molecule has 4 aromatic rings. The third kappa shape index (κ3) is 4.25. The van der Waals surface area contributed by atoms with Gasteiger partial charge in [0.2, 0.25) is 0 Å². The van der Waals surface area contributed by atoms with Crippen LogP contribution in [0.2, 0.25) is 0 Å². The van der Waals surface area contributed by atoms with Crippen LogP contribution in [0.5, 0.6) is 0 Å². The lowest BCUT2D eigenvalue weighted by Crippen LogP contribution is -2.13. The van der Waals surface area contributed by atoms with Crippen LogP contribution >= 0.6 is 11.3 Å². The van der Waals surface area contributed by atoms with Gasteiger partial charge in [-0.1, -0.05) is 48.5 Å². The molecule has 0 atom stereocenters. The van der Waals surface area contributed by atoms with E-state index in [2.05, 4.69) is 40.2 Å². The molecule has 172 valence electrons. The molecule has 0 spiro atoms. The minimum absolute atomic E-state index is 0.0194. The van der Waals surface area contributed by atoms with Crippen LogP contribution in [0.3, 0.4) is 0 Å². The third-order valence-electron chi connectivity index (χ3n) is 6.63. The van der Waals surface area contributed by atoms with Gasteiger partial charge in [-0.05, 0) is 55.9 Å². The largest absolute Gasteiger partial charge is 0.340 e. The average Bonchev–Trinajstić information content (AvgIpc) is 3.37. The van der Waals surface area contributed by atoms with Gasteiger partial charge in [-0.3, -0.25) is 4.79 Å². The van der Waals surface area contributed by atoms with E-state index in [0.29, 0.717) is 17.1 Å². The van der Waals surface area contributed by atoms with Crippen molar-refractivity contribution in [3.8, 4) is 12.1 Å². The van der Waals surface area contributed by atoms with Gasteiger partial charge in [-0.15, -0.1) is 11.3 Å². The summed E-state index contributed by atoms with van der Waals surface area (Å²) in [6.07, 6.45) is 5.63. The van der Waals surface area contributed by atoms with Crippen LogP contribution in [0.25, 0.3) is 17.0 Å². The highest BCUT2D eigenvalue weighted by molar-refractivity contribution is 7.16. The topological polar surface area (TPSA) is 81.6 Å². The summed E-state index contributed by atoms with van der Waals surface area (Å²) in [5.74, 6) is -0.484. The molecule has 5 rings (SSSR count). The van der Waals surface area contributed by atoms with Crippen molar-refractivity contribution < 1.29 is 4.79 Å². The van der Waals surface area contributed by atoms with Gasteiger partial charge in [0.1, 0.15) is 22.7 Å². The summed E-state index contributed by atoms with van der Waals surface area (Å²) >= 11 is 1.46. The fourth-order valence-corrected chi connectivity index (χ4v) is 6.08. The Bertz CT molecular complexity index is 1540. The van der Waals surface area contributed by atoms with Crippen LogP contribution in [0.15, 0.2) is 60.2 Å². The predicted molar refractivity (Wildman–Crippen MR) is 140 cm³/mol. The summed E-state index contributed by atoms with van der Waals surface area (Å²) in [5.41, 5.74) is 5.69. The summed E-state index contributed by atoms with van der Waals surface area (Å²) in [7, 11) is 0. The van der Waals surface area contributed by atoms with E-state index in [1.807, 2.05) is 43.3 Å². The Morgan fingerprint density at radius 2 is 1.83 bits per heavy atom. The molecule has 2 aromatic heterocycles. The van der Waals surface area contributed by atoms with Crippen molar-refractivity contribution in [3.05, 3.63) is 93.0 Å². The first kappa shape index (κ1) is 22.7. The van der Waals surface area contributed by atoms with E-state index in [4.69, 9.17) is 0 Å². The first-order chi connectivity index (χ1) is 17.1. The van der Waals surface area contributed by atoms with Gasteiger partial charge >= 0.3 is 0 Å². The van der Waals surface area contributed by atoms with Gasteiger partial charge in [-0.25, -0.2) is 0 Å². The zero-order chi connectivity index (χ0) is 24.4. The molecule has 1 amide bonds. The molecule has 1 aliphatic carbocycles. The zero-order valence-electron chi connectivity index (χ0n) is 19.5. The molecular weight excluding hydrogens is 452 g/mol. The van der Waals surface area contributed by atoms with E-state index in [1.165, 1.54) is 21.8 Å². The number of nitrogens with zero attached hydrogens (tertiary/aromatic N) is 3. The number of carbonyl (C=O) groups is 1. The van der Waals surface area contributed by atoms with Gasteiger partial charge < -0.3 is 9.88 Å². The summed E-state index contributed by atoms with van der Waals surface area (Å²) < 4.78 is 2.21. The number of hydrogen-bond acceptors (Lipinski definition) is 4. The number of amides is 1. The van der Waals surface area contributed by atoms with Crippen LogP contribution in [0.4, 0.5) is 5.00 Å². The minimum atomic E-state index is -0.484. The van der Waals surface area contributed by atoms with Gasteiger partial charge in [-0.2, -0.15) is 10.5 Å². The number of nitrogens with one attached hydrogen (secondary N) is 1. The van der Waals surface area contributed by atoms with Gasteiger partial charge in [0.25, 0.3) is 5.91 Å². The van der Waals surface area contributed by atoms with E-state index < -0.39 is 5.91 Å². The molecule has 1 aliphatic rings. The number of thiophene rings is 1. The number of carbonyl (C=O) groups excluding carboxylic acids is 1. The highest BCUT2D eigenvalue weighted by Gasteiger charge is 2.23. The van der Waals surface area contributed by atoms with Crippen molar-refractivity contribution in [1.82, 2.24) is 4.57 Å². The Labute approximate surface area is 208 Å². The second-order valence-corrected chi connectivity index (χ2v) is 9.84. The van der Waals surface area contributed by atoms with E-state index in [-0.39, 0.29) is 5.57 Å². The fourth-order valence-electron chi connectivity index (χ4n) is 4.85. The molecule has 1 N–H and O–H groups in total. The van der Waals surface area contributed by atoms with Crippen molar-refractivity contribution in [1.29, 1.82) is 10.5 Å². The van der Waals surface area contributed by atoms with Crippen LogP contribution in [-0.4, -0.2) is 10.5 Å². The fraction of sp³-hybridized carbons (Fsp3) is 0.207. The molecule has 35 heavy (non-hydrogen) atoms. The normalized spacial score (nSPS) is 13.2. The summed E-state index contributed by atoms with van der Waals surface area (Å²) in [5, 5.41) is 24.0. The number of aryl methyl sites for hydroxylation is 1. The minimum Gasteiger partial charge on any atom is -0.340 e. The molecular formula is C29H24N4OS. The Morgan fingerprint density at radius 1 is 1.09 bits per heavy atom. The number of aromatic nitrogens is 1. The maximum absolute atomic E-state index is 13.2. The summed E-state index contributed by atoms with van der Waals surface area (Å²) in [6.45, 7) is 2.71. The molecule has 2 aromatic carbocycles. The van der Waals surface area contributed by atoms with Crippen LogP contribution in [0.1, 0.15) is 45.7 Å². The Balaban J connectivity index is 1.52. The second kappa shape index (κ2) is 9.62. The number of anilines is 1. The van der Waals surface area contributed by atoms with E-state index in [0.717, 1.165) is 53.4 Å². The lowest BCUT2D eigenvalue weighted by molar-refractivity contribution is -0.112. The number of nitriles is 2. The van der Waals surface area contributed by atoms with Crippen molar-refractivity contribution in [2.24, 2.45) is 0 Å². The lowest BCUT2D eigenvalue weighted by atomic mass is 9.96. The number of hydrogen-bond donors (Lipinski definition) is 1. The second-order valence-electron chi connectivity index (χ2n) is 8.74. The standard InChI is InChI=1S/C29H24N4OS/c1-19-24(22-11-5-7-13-26(22)33(19)18-20-9-3-2-4-10-20)15-21(16-30)28(34)32-29-25(17-31)23-12-6-8-14-27(23)35-29/h2-5,7,9-11,13,15H,6,8,12,14,18H2,1H3,(H,32,34)/b21-15+. The number of fused-ring (bicyclic) bond motifs is 2. The molecule has 0 fully saturated rings.